The quantitative estimate of drug-likeness (QED) is 0.744. The standard InChI is InChI=1S/C9H15N3/c1-4-7(2)11-9-10-6-5-8(3)12-9/h5-7H,4H2,1-3H3,(H,10,11,12)/t7-/m0/s1. The number of nitrogens with zero attached hydrogens (tertiary/aromatic N) is 2. The summed E-state index contributed by atoms with van der Waals surface area (Å²) in [6, 6.07) is 2.33. The Morgan fingerprint density at radius 1 is 1.58 bits per heavy atom. The van der Waals surface area contributed by atoms with Crippen molar-refractivity contribution < 1.29 is 0 Å². The highest BCUT2D eigenvalue weighted by molar-refractivity contribution is 5.25. The lowest BCUT2D eigenvalue weighted by molar-refractivity contribution is 0.751. The number of hydrogen-bond acceptors (Lipinski definition) is 3. The van der Waals surface area contributed by atoms with Crippen molar-refractivity contribution in [2.75, 3.05) is 5.32 Å². The molecule has 1 aromatic heterocycles. The van der Waals surface area contributed by atoms with E-state index in [9.17, 15) is 0 Å². The minimum absolute atomic E-state index is 0.437. The van der Waals surface area contributed by atoms with Crippen LogP contribution in [0.3, 0.4) is 0 Å². The molecule has 1 N–H and O–H groups in total. The normalized spacial score (nSPS) is 12.6. The maximum absolute atomic E-state index is 4.24. The van der Waals surface area contributed by atoms with Gasteiger partial charge in [0.05, 0.1) is 0 Å². The second-order valence-electron chi connectivity index (χ2n) is 2.98. The summed E-state index contributed by atoms with van der Waals surface area (Å²) in [4.78, 5) is 8.34. The number of hydrogen-bond donors (Lipinski definition) is 1. The van der Waals surface area contributed by atoms with Gasteiger partial charge in [-0.1, -0.05) is 6.92 Å². The summed E-state index contributed by atoms with van der Waals surface area (Å²) in [7, 11) is 0. The lowest BCUT2D eigenvalue weighted by Crippen LogP contribution is -2.15. The Balaban J connectivity index is 2.63. The molecule has 1 aromatic rings. The lowest BCUT2D eigenvalue weighted by atomic mass is 10.3. The van der Waals surface area contributed by atoms with Gasteiger partial charge in [0.1, 0.15) is 0 Å². The molecular formula is C9H15N3. The Kier molecular flexibility index (Phi) is 3.02. The molecule has 0 aromatic carbocycles. The fourth-order valence-corrected chi connectivity index (χ4v) is 0.841. The third kappa shape index (κ3) is 2.49. The first-order valence-electron chi connectivity index (χ1n) is 4.28. The topological polar surface area (TPSA) is 37.8 Å². The van der Waals surface area contributed by atoms with Crippen LogP contribution in [0.25, 0.3) is 0 Å². The van der Waals surface area contributed by atoms with Gasteiger partial charge < -0.3 is 5.32 Å². The predicted molar refractivity (Wildman–Crippen MR) is 50.1 cm³/mol. The Labute approximate surface area is 73.2 Å². The zero-order valence-corrected chi connectivity index (χ0v) is 7.83. The van der Waals surface area contributed by atoms with E-state index < -0.39 is 0 Å². The van der Waals surface area contributed by atoms with Crippen LogP contribution in [-0.2, 0) is 0 Å². The summed E-state index contributed by atoms with van der Waals surface area (Å²) in [6.07, 6.45) is 2.85. The van der Waals surface area contributed by atoms with Crippen molar-refractivity contribution in [1.82, 2.24) is 9.97 Å². The molecule has 0 fully saturated rings. The Bertz CT molecular complexity index is 247. The number of rotatable bonds is 3. The first-order valence-corrected chi connectivity index (χ1v) is 4.28. The summed E-state index contributed by atoms with van der Waals surface area (Å²) in [6.45, 7) is 6.21. The van der Waals surface area contributed by atoms with Crippen LogP contribution >= 0.6 is 0 Å². The van der Waals surface area contributed by atoms with Crippen LogP contribution in [0, 0.1) is 6.92 Å². The van der Waals surface area contributed by atoms with E-state index in [1.54, 1.807) is 6.20 Å². The third-order valence-corrected chi connectivity index (χ3v) is 1.78. The summed E-state index contributed by atoms with van der Waals surface area (Å²) >= 11 is 0. The highest BCUT2D eigenvalue weighted by atomic mass is 15.1. The molecule has 0 aliphatic heterocycles. The number of anilines is 1. The number of nitrogens with one attached hydrogen (secondary N) is 1. The van der Waals surface area contributed by atoms with Crippen LogP contribution in [0.1, 0.15) is 26.0 Å². The van der Waals surface area contributed by atoms with Crippen molar-refractivity contribution in [1.29, 1.82) is 0 Å². The molecule has 0 spiro atoms. The van der Waals surface area contributed by atoms with E-state index in [4.69, 9.17) is 0 Å². The molecular weight excluding hydrogens is 150 g/mol. The maximum Gasteiger partial charge on any atom is 0.223 e. The molecule has 0 bridgehead atoms. The van der Waals surface area contributed by atoms with Crippen molar-refractivity contribution in [3.05, 3.63) is 18.0 Å². The van der Waals surface area contributed by atoms with E-state index in [1.807, 2.05) is 13.0 Å². The first-order chi connectivity index (χ1) is 5.72. The zero-order valence-electron chi connectivity index (χ0n) is 7.83. The first kappa shape index (κ1) is 8.97. The van der Waals surface area contributed by atoms with Gasteiger partial charge in [-0.25, -0.2) is 9.97 Å². The van der Waals surface area contributed by atoms with Crippen LogP contribution in [-0.4, -0.2) is 16.0 Å². The van der Waals surface area contributed by atoms with Gasteiger partial charge in [-0.05, 0) is 26.3 Å². The fourth-order valence-electron chi connectivity index (χ4n) is 0.841. The van der Waals surface area contributed by atoms with Crippen molar-refractivity contribution >= 4 is 5.95 Å². The van der Waals surface area contributed by atoms with E-state index >= 15 is 0 Å². The summed E-state index contributed by atoms with van der Waals surface area (Å²) in [5.41, 5.74) is 0.996. The Hall–Kier alpha value is -1.12. The van der Waals surface area contributed by atoms with Crippen molar-refractivity contribution in [2.45, 2.75) is 33.2 Å². The summed E-state index contributed by atoms with van der Waals surface area (Å²) in [5.74, 6) is 0.726. The number of aromatic nitrogens is 2. The zero-order chi connectivity index (χ0) is 8.97. The molecule has 0 unspecified atom stereocenters. The molecule has 66 valence electrons. The summed E-state index contributed by atoms with van der Waals surface area (Å²) < 4.78 is 0. The second-order valence-corrected chi connectivity index (χ2v) is 2.98. The molecule has 0 saturated heterocycles. The Morgan fingerprint density at radius 2 is 2.33 bits per heavy atom. The van der Waals surface area contributed by atoms with E-state index in [0.717, 1.165) is 18.1 Å². The molecule has 0 amide bonds. The molecule has 1 atom stereocenters. The van der Waals surface area contributed by atoms with E-state index in [-0.39, 0.29) is 0 Å². The van der Waals surface area contributed by atoms with Gasteiger partial charge in [-0.3, -0.25) is 0 Å². The Morgan fingerprint density at radius 3 is 2.92 bits per heavy atom. The smallest absolute Gasteiger partial charge is 0.223 e. The van der Waals surface area contributed by atoms with Crippen LogP contribution in [0.5, 0.6) is 0 Å². The van der Waals surface area contributed by atoms with E-state index in [1.165, 1.54) is 0 Å². The average Bonchev–Trinajstić information content (AvgIpc) is 2.04. The summed E-state index contributed by atoms with van der Waals surface area (Å²) in [5, 5.41) is 3.21. The highest BCUT2D eigenvalue weighted by Gasteiger charge is 1.99. The minimum atomic E-state index is 0.437. The minimum Gasteiger partial charge on any atom is -0.352 e. The predicted octanol–water partition coefficient (Wildman–Crippen LogP) is 2.00. The van der Waals surface area contributed by atoms with Gasteiger partial charge in [-0.15, -0.1) is 0 Å². The van der Waals surface area contributed by atoms with Crippen LogP contribution in [0.2, 0.25) is 0 Å². The second kappa shape index (κ2) is 4.04. The molecule has 1 rings (SSSR count). The third-order valence-electron chi connectivity index (χ3n) is 1.78. The molecule has 3 nitrogen and oxygen atoms in total. The van der Waals surface area contributed by atoms with Gasteiger partial charge in [0.25, 0.3) is 0 Å². The molecule has 0 saturated carbocycles. The van der Waals surface area contributed by atoms with Crippen molar-refractivity contribution in [2.24, 2.45) is 0 Å². The van der Waals surface area contributed by atoms with Crippen LogP contribution in [0.4, 0.5) is 5.95 Å². The molecule has 3 heteroatoms. The molecule has 1 heterocycles. The lowest BCUT2D eigenvalue weighted by Gasteiger charge is -2.10. The van der Waals surface area contributed by atoms with E-state index in [2.05, 4.69) is 29.1 Å². The van der Waals surface area contributed by atoms with E-state index in [0.29, 0.717) is 6.04 Å². The van der Waals surface area contributed by atoms with Gasteiger partial charge in [0.15, 0.2) is 0 Å². The molecule has 0 aliphatic carbocycles. The van der Waals surface area contributed by atoms with Gasteiger partial charge >= 0.3 is 0 Å². The average molecular weight is 165 g/mol. The SMILES string of the molecule is CC[C@H](C)Nc1nccc(C)n1. The van der Waals surface area contributed by atoms with Gasteiger partial charge in [0.2, 0.25) is 5.95 Å². The molecule has 12 heavy (non-hydrogen) atoms. The molecule has 0 aliphatic rings. The molecule has 0 radical (unpaired) electrons. The maximum atomic E-state index is 4.24. The number of aryl methyl sites for hydroxylation is 1. The van der Waals surface area contributed by atoms with Gasteiger partial charge in [0, 0.05) is 17.9 Å². The largest absolute Gasteiger partial charge is 0.352 e. The monoisotopic (exact) mass is 165 g/mol. The van der Waals surface area contributed by atoms with Crippen molar-refractivity contribution in [3.8, 4) is 0 Å². The van der Waals surface area contributed by atoms with Gasteiger partial charge in [-0.2, -0.15) is 0 Å². The van der Waals surface area contributed by atoms with Crippen LogP contribution < -0.4 is 5.32 Å². The van der Waals surface area contributed by atoms with Crippen LogP contribution in [0.15, 0.2) is 12.3 Å². The van der Waals surface area contributed by atoms with Crippen molar-refractivity contribution in [3.63, 3.8) is 0 Å². The highest BCUT2D eigenvalue weighted by Crippen LogP contribution is 2.02. The fraction of sp³-hybridized carbons (Fsp3) is 0.556.